The Morgan fingerprint density at radius 3 is 2.22 bits per heavy atom. The molecule has 0 rings (SSSR count). The van der Waals surface area contributed by atoms with Gasteiger partial charge in [-0.15, -0.1) is 0 Å². The molecule has 0 saturated carbocycles. The van der Waals surface area contributed by atoms with Crippen molar-refractivity contribution in [1.29, 1.82) is 0 Å². The highest BCUT2D eigenvalue weighted by molar-refractivity contribution is 7.80. The van der Waals surface area contributed by atoms with Crippen LogP contribution in [0.15, 0.2) is 10.2 Å². The summed E-state index contributed by atoms with van der Waals surface area (Å²) in [5.41, 5.74) is 6.37. The Bertz CT molecular complexity index is 323. The van der Waals surface area contributed by atoms with E-state index in [-0.39, 0.29) is 17.0 Å². The van der Waals surface area contributed by atoms with Crippen LogP contribution in [0, 0.1) is 0 Å². The van der Waals surface area contributed by atoms with E-state index in [0.717, 1.165) is 0 Å². The molecule has 0 aromatic rings. The summed E-state index contributed by atoms with van der Waals surface area (Å²) in [7, 11) is 0. The van der Waals surface area contributed by atoms with Gasteiger partial charge in [0.2, 0.25) is 0 Å². The molecular weight excluding hydrogens is 274 g/mol. The summed E-state index contributed by atoms with van der Waals surface area (Å²) in [6.07, 6.45) is 0. The standard InChI is InChI=1S/C9H17N5O2S2/c1-4-16-9(18)14-12-7(3)6(2)11-13-8(17)10-5-15/h15H,4-5H2,1-3H3,(H,14,18)(H2,10,13,17)/b11-6+,12-7+. The zero-order valence-electron chi connectivity index (χ0n) is 10.5. The van der Waals surface area contributed by atoms with Crippen molar-refractivity contribution in [2.24, 2.45) is 10.2 Å². The average molecular weight is 291 g/mol. The first-order valence-corrected chi connectivity index (χ1v) is 5.99. The second-order valence-electron chi connectivity index (χ2n) is 3.00. The Morgan fingerprint density at radius 1 is 1.17 bits per heavy atom. The van der Waals surface area contributed by atoms with Crippen LogP contribution >= 0.6 is 24.4 Å². The van der Waals surface area contributed by atoms with Gasteiger partial charge in [-0.25, -0.2) is 5.43 Å². The van der Waals surface area contributed by atoms with Gasteiger partial charge in [0.15, 0.2) is 5.11 Å². The molecule has 0 aliphatic carbocycles. The zero-order chi connectivity index (χ0) is 14.0. The number of hydrogen-bond donors (Lipinski definition) is 4. The largest absolute Gasteiger partial charge is 0.470 e. The van der Waals surface area contributed by atoms with Crippen LogP contribution in [-0.4, -0.2) is 40.2 Å². The van der Waals surface area contributed by atoms with E-state index in [1.165, 1.54) is 0 Å². The highest BCUT2D eigenvalue weighted by Crippen LogP contribution is 1.84. The SMILES string of the molecule is CCOC(=S)N/N=C(C)/C(C)=N/NC(=S)NCO. The number of nitrogens with zero attached hydrogens (tertiary/aromatic N) is 2. The number of rotatable bonds is 5. The number of thiocarbonyl (C=S) groups is 2. The van der Waals surface area contributed by atoms with E-state index in [9.17, 15) is 0 Å². The van der Waals surface area contributed by atoms with Crippen LogP contribution < -0.4 is 16.2 Å². The average Bonchev–Trinajstić information content (AvgIpc) is 2.33. The smallest absolute Gasteiger partial charge is 0.277 e. The normalized spacial score (nSPS) is 11.8. The van der Waals surface area contributed by atoms with Gasteiger partial charge < -0.3 is 15.2 Å². The minimum atomic E-state index is -0.252. The maximum absolute atomic E-state index is 8.56. The van der Waals surface area contributed by atoms with E-state index in [4.69, 9.17) is 34.3 Å². The quantitative estimate of drug-likeness (QED) is 0.246. The van der Waals surface area contributed by atoms with E-state index < -0.39 is 0 Å². The third-order valence-corrected chi connectivity index (χ3v) is 2.12. The summed E-state index contributed by atoms with van der Waals surface area (Å²) in [4.78, 5) is 0. The molecule has 0 fully saturated rings. The van der Waals surface area contributed by atoms with Gasteiger partial charge in [-0.2, -0.15) is 10.2 Å². The van der Waals surface area contributed by atoms with Crippen molar-refractivity contribution in [3.63, 3.8) is 0 Å². The molecular formula is C9H17N5O2S2. The van der Waals surface area contributed by atoms with Gasteiger partial charge in [0, 0.05) is 0 Å². The Morgan fingerprint density at radius 2 is 1.72 bits per heavy atom. The Balaban J connectivity index is 4.26. The molecule has 0 aliphatic rings. The van der Waals surface area contributed by atoms with Crippen molar-refractivity contribution in [3.8, 4) is 0 Å². The van der Waals surface area contributed by atoms with Gasteiger partial charge in [0.1, 0.15) is 6.73 Å². The zero-order valence-corrected chi connectivity index (χ0v) is 12.1. The minimum Gasteiger partial charge on any atom is -0.470 e. The summed E-state index contributed by atoms with van der Waals surface area (Å²) in [6.45, 7) is 5.56. The predicted molar refractivity (Wildman–Crippen MR) is 79.5 cm³/mol. The molecule has 4 N–H and O–H groups in total. The predicted octanol–water partition coefficient (Wildman–Crippen LogP) is 0.0631. The van der Waals surface area contributed by atoms with Crippen molar-refractivity contribution in [3.05, 3.63) is 0 Å². The van der Waals surface area contributed by atoms with Crippen molar-refractivity contribution in [1.82, 2.24) is 16.2 Å². The van der Waals surface area contributed by atoms with Crippen molar-refractivity contribution >= 4 is 46.1 Å². The topological polar surface area (TPSA) is 90.3 Å². The lowest BCUT2D eigenvalue weighted by atomic mass is 10.3. The van der Waals surface area contributed by atoms with E-state index >= 15 is 0 Å². The monoisotopic (exact) mass is 291 g/mol. The molecule has 0 radical (unpaired) electrons. The van der Waals surface area contributed by atoms with Crippen LogP contribution in [0.25, 0.3) is 0 Å². The highest BCUT2D eigenvalue weighted by atomic mass is 32.1. The van der Waals surface area contributed by atoms with Gasteiger partial charge >= 0.3 is 0 Å². The summed E-state index contributed by atoms with van der Waals surface area (Å²) in [5.74, 6) is 0. The van der Waals surface area contributed by atoms with Crippen LogP contribution in [0.2, 0.25) is 0 Å². The van der Waals surface area contributed by atoms with Crippen LogP contribution in [-0.2, 0) is 4.74 Å². The van der Waals surface area contributed by atoms with Crippen LogP contribution in [0.5, 0.6) is 0 Å². The molecule has 0 spiro atoms. The molecule has 0 aromatic heterocycles. The second-order valence-corrected chi connectivity index (χ2v) is 3.78. The van der Waals surface area contributed by atoms with Gasteiger partial charge in [-0.05, 0) is 45.2 Å². The van der Waals surface area contributed by atoms with Crippen molar-refractivity contribution in [2.75, 3.05) is 13.3 Å². The van der Waals surface area contributed by atoms with Gasteiger partial charge in [0.25, 0.3) is 5.17 Å². The number of hydrazone groups is 2. The first kappa shape index (κ1) is 16.7. The van der Waals surface area contributed by atoms with Crippen molar-refractivity contribution in [2.45, 2.75) is 20.8 Å². The summed E-state index contributed by atoms with van der Waals surface area (Å²) in [5, 5.41) is 19.4. The first-order valence-electron chi connectivity index (χ1n) is 5.17. The lowest BCUT2D eigenvalue weighted by Crippen LogP contribution is -2.33. The van der Waals surface area contributed by atoms with Crippen LogP contribution in [0.4, 0.5) is 0 Å². The lowest BCUT2D eigenvalue weighted by molar-refractivity contribution is 0.285. The number of ether oxygens (including phenoxy) is 1. The lowest BCUT2D eigenvalue weighted by Gasteiger charge is -2.06. The maximum atomic E-state index is 8.56. The maximum Gasteiger partial charge on any atom is 0.277 e. The molecule has 0 amide bonds. The molecule has 0 aliphatic heterocycles. The first-order chi connectivity index (χ1) is 8.51. The molecule has 9 heteroatoms. The number of aliphatic hydroxyl groups is 1. The molecule has 0 bridgehead atoms. The molecule has 0 saturated heterocycles. The van der Waals surface area contributed by atoms with Gasteiger partial charge in [-0.3, -0.25) is 5.43 Å². The van der Waals surface area contributed by atoms with E-state index in [1.807, 2.05) is 6.92 Å². The van der Waals surface area contributed by atoms with Gasteiger partial charge in [-0.1, -0.05) is 0 Å². The third kappa shape index (κ3) is 7.87. The summed E-state index contributed by atoms with van der Waals surface area (Å²) < 4.78 is 5.00. The molecule has 18 heavy (non-hydrogen) atoms. The number of hydrogen-bond acceptors (Lipinski definition) is 6. The number of aliphatic hydroxyl groups excluding tert-OH is 1. The molecule has 0 atom stereocenters. The van der Waals surface area contributed by atoms with Crippen molar-refractivity contribution < 1.29 is 9.84 Å². The summed E-state index contributed by atoms with van der Waals surface area (Å²) >= 11 is 9.66. The van der Waals surface area contributed by atoms with Crippen LogP contribution in [0.1, 0.15) is 20.8 Å². The van der Waals surface area contributed by atoms with E-state index in [2.05, 4.69) is 26.4 Å². The molecule has 7 nitrogen and oxygen atoms in total. The molecule has 0 unspecified atom stereocenters. The van der Waals surface area contributed by atoms with E-state index in [0.29, 0.717) is 18.0 Å². The molecule has 0 aromatic carbocycles. The Labute approximate surface area is 117 Å². The molecule has 0 heterocycles. The summed E-state index contributed by atoms with van der Waals surface area (Å²) in [6, 6.07) is 0. The third-order valence-electron chi connectivity index (χ3n) is 1.68. The van der Waals surface area contributed by atoms with E-state index in [1.54, 1.807) is 13.8 Å². The highest BCUT2D eigenvalue weighted by Gasteiger charge is 1.99. The minimum absolute atomic E-state index is 0.204. The fourth-order valence-corrected chi connectivity index (χ4v) is 0.974. The molecule has 102 valence electrons. The fourth-order valence-electron chi connectivity index (χ4n) is 0.701. The Kier molecular flexibility index (Phi) is 8.97. The Hall–Kier alpha value is -1.32. The van der Waals surface area contributed by atoms with Gasteiger partial charge in [0.05, 0.1) is 18.0 Å². The fraction of sp³-hybridized carbons (Fsp3) is 0.556. The second kappa shape index (κ2) is 9.68. The number of nitrogens with one attached hydrogen (secondary N) is 3. The van der Waals surface area contributed by atoms with Crippen LogP contribution in [0.3, 0.4) is 0 Å².